The van der Waals surface area contributed by atoms with Crippen molar-refractivity contribution >= 4 is 15.9 Å². The molecule has 1 N–H and O–H groups in total. The van der Waals surface area contributed by atoms with E-state index in [2.05, 4.69) is 17.3 Å². The van der Waals surface area contributed by atoms with Crippen LogP contribution in [0.4, 0.5) is 0 Å². The smallest absolute Gasteiger partial charge is 0.246 e. The second kappa shape index (κ2) is 7.44. The van der Waals surface area contributed by atoms with E-state index >= 15 is 0 Å². The zero-order valence-corrected chi connectivity index (χ0v) is 17.9. The van der Waals surface area contributed by atoms with Gasteiger partial charge in [-0.3, -0.25) is 9.48 Å². The van der Waals surface area contributed by atoms with E-state index < -0.39 is 10.0 Å². The lowest BCUT2D eigenvalue weighted by Crippen LogP contribution is -2.48. The van der Waals surface area contributed by atoms with Gasteiger partial charge in [-0.15, -0.1) is 0 Å². The topological polar surface area (TPSA) is 84.3 Å². The monoisotopic (exact) mass is 408 g/mol. The Morgan fingerprint density at radius 2 is 2.07 bits per heavy atom. The number of piperidine rings is 1. The Morgan fingerprint density at radius 3 is 2.68 bits per heavy atom. The number of nitrogens with zero attached hydrogens (tertiary/aromatic N) is 3. The molecule has 1 aromatic heterocycles. The van der Waals surface area contributed by atoms with Gasteiger partial charge in [0.2, 0.25) is 15.9 Å². The van der Waals surface area contributed by atoms with E-state index in [-0.39, 0.29) is 29.3 Å². The lowest BCUT2D eigenvalue weighted by Gasteiger charge is -2.33. The fourth-order valence-corrected chi connectivity index (χ4v) is 7.31. The van der Waals surface area contributed by atoms with Crippen molar-refractivity contribution in [3.05, 3.63) is 11.9 Å². The minimum absolute atomic E-state index is 0.0121. The van der Waals surface area contributed by atoms with Crippen molar-refractivity contribution in [2.75, 3.05) is 13.1 Å². The van der Waals surface area contributed by atoms with E-state index in [0.29, 0.717) is 24.6 Å². The molecule has 0 aromatic carbocycles. The molecule has 1 aliphatic heterocycles. The van der Waals surface area contributed by atoms with Crippen LogP contribution in [0.25, 0.3) is 0 Å². The number of nitrogens with one attached hydrogen (secondary N) is 1. The van der Waals surface area contributed by atoms with Crippen molar-refractivity contribution < 1.29 is 13.2 Å². The van der Waals surface area contributed by atoms with Crippen LogP contribution in [-0.2, 0) is 21.9 Å². The molecule has 3 fully saturated rings. The molecule has 0 unspecified atom stereocenters. The Hall–Kier alpha value is -1.41. The number of hydrogen-bond acceptors (Lipinski definition) is 4. The van der Waals surface area contributed by atoms with E-state index in [1.54, 1.807) is 18.7 Å². The van der Waals surface area contributed by atoms with Gasteiger partial charge in [-0.2, -0.15) is 9.40 Å². The highest BCUT2D eigenvalue weighted by molar-refractivity contribution is 7.89. The van der Waals surface area contributed by atoms with Gasteiger partial charge < -0.3 is 5.32 Å². The minimum atomic E-state index is -3.62. The molecule has 2 bridgehead atoms. The average molecular weight is 409 g/mol. The lowest BCUT2D eigenvalue weighted by atomic mass is 9.83. The van der Waals surface area contributed by atoms with Gasteiger partial charge in [0.05, 0.1) is 17.8 Å². The van der Waals surface area contributed by atoms with Gasteiger partial charge in [0.15, 0.2) is 0 Å². The maximum Gasteiger partial charge on any atom is 0.246 e. The highest BCUT2D eigenvalue weighted by atomic mass is 32.2. The lowest BCUT2D eigenvalue weighted by molar-refractivity contribution is -0.127. The van der Waals surface area contributed by atoms with E-state index in [1.807, 2.05) is 0 Å². The Morgan fingerprint density at radius 1 is 1.29 bits per heavy atom. The van der Waals surface area contributed by atoms with Crippen LogP contribution in [0.15, 0.2) is 11.1 Å². The fraction of sp³-hybridized carbons (Fsp3) is 0.800. The van der Waals surface area contributed by atoms with Gasteiger partial charge in [0.1, 0.15) is 4.90 Å². The van der Waals surface area contributed by atoms with Crippen LogP contribution in [0.1, 0.15) is 51.1 Å². The van der Waals surface area contributed by atoms with Crippen LogP contribution in [0.5, 0.6) is 0 Å². The summed E-state index contributed by atoms with van der Waals surface area (Å²) in [6.45, 7) is 4.60. The number of amides is 1. The minimum Gasteiger partial charge on any atom is -0.353 e. The second-order valence-electron chi connectivity index (χ2n) is 9.06. The fourth-order valence-electron chi connectivity index (χ4n) is 5.60. The maximum absolute atomic E-state index is 13.0. The Kier molecular flexibility index (Phi) is 5.29. The summed E-state index contributed by atoms with van der Waals surface area (Å²) in [5.74, 6) is 1.94. The summed E-state index contributed by atoms with van der Waals surface area (Å²) in [6, 6.07) is 0.176. The molecule has 0 spiro atoms. The molecule has 5 atom stereocenters. The second-order valence-corrected chi connectivity index (χ2v) is 11.0. The van der Waals surface area contributed by atoms with Crippen LogP contribution in [0.3, 0.4) is 0 Å². The van der Waals surface area contributed by atoms with Crippen LogP contribution in [0.2, 0.25) is 0 Å². The number of aromatic nitrogens is 2. The third-order valence-electron chi connectivity index (χ3n) is 7.37. The molecular weight excluding hydrogens is 376 g/mol. The first-order valence-electron chi connectivity index (χ1n) is 10.6. The van der Waals surface area contributed by atoms with Crippen molar-refractivity contribution in [2.24, 2.45) is 30.7 Å². The molecule has 1 aromatic rings. The van der Waals surface area contributed by atoms with Crippen LogP contribution < -0.4 is 5.32 Å². The average Bonchev–Trinajstić information content (AvgIpc) is 3.39. The van der Waals surface area contributed by atoms with Crippen LogP contribution in [-0.4, -0.2) is 47.5 Å². The zero-order valence-electron chi connectivity index (χ0n) is 17.1. The van der Waals surface area contributed by atoms with Gasteiger partial charge >= 0.3 is 0 Å². The molecule has 8 heteroatoms. The normalized spacial score (nSPS) is 31.8. The number of carbonyl (C=O) groups is 1. The maximum atomic E-state index is 13.0. The van der Waals surface area contributed by atoms with E-state index in [4.69, 9.17) is 0 Å². The van der Waals surface area contributed by atoms with Crippen molar-refractivity contribution in [3.63, 3.8) is 0 Å². The molecule has 4 rings (SSSR count). The summed E-state index contributed by atoms with van der Waals surface area (Å²) >= 11 is 0. The molecule has 1 amide bonds. The molecule has 28 heavy (non-hydrogen) atoms. The number of aryl methyl sites for hydroxylation is 1. The number of carbonyl (C=O) groups excluding carboxylic acids is 1. The van der Waals surface area contributed by atoms with Gasteiger partial charge in [-0.25, -0.2) is 8.42 Å². The molecule has 2 aliphatic carbocycles. The van der Waals surface area contributed by atoms with Gasteiger partial charge in [-0.05, 0) is 63.7 Å². The zero-order chi connectivity index (χ0) is 20.1. The quantitative estimate of drug-likeness (QED) is 0.808. The Bertz CT molecular complexity index is 850. The Labute approximate surface area is 167 Å². The molecule has 2 heterocycles. The third kappa shape index (κ3) is 3.49. The van der Waals surface area contributed by atoms with Gasteiger partial charge in [0, 0.05) is 26.2 Å². The van der Waals surface area contributed by atoms with Crippen molar-refractivity contribution in [3.8, 4) is 0 Å². The third-order valence-corrected chi connectivity index (χ3v) is 9.34. The summed E-state index contributed by atoms with van der Waals surface area (Å²) in [7, 11) is -1.89. The van der Waals surface area contributed by atoms with Crippen molar-refractivity contribution in [2.45, 2.75) is 63.3 Å². The summed E-state index contributed by atoms with van der Waals surface area (Å²) in [6.07, 6.45) is 8.07. The van der Waals surface area contributed by atoms with E-state index in [9.17, 15) is 13.2 Å². The summed E-state index contributed by atoms with van der Waals surface area (Å²) in [4.78, 5) is 13.1. The molecule has 0 radical (unpaired) electrons. The predicted molar refractivity (Wildman–Crippen MR) is 106 cm³/mol. The molecule has 1 saturated heterocycles. The number of rotatable bonds is 5. The first-order chi connectivity index (χ1) is 13.3. The highest BCUT2D eigenvalue weighted by Gasteiger charge is 2.43. The summed E-state index contributed by atoms with van der Waals surface area (Å²) in [5, 5.41) is 7.29. The Balaban J connectivity index is 1.40. The van der Waals surface area contributed by atoms with Crippen molar-refractivity contribution in [1.82, 2.24) is 19.4 Å². The highest BCUT2D eigenvalue weighted by Crippen LogP contribution is 2.49. The summed E-state index contributed by atoms with van der Waals surface area (Å²) in [5.41, 5.74) is 0.622. The molecule has 7 nitrogen and oxygen atoms in total. The molecule has 3 aliphatic rings. The van der Waals surface area contributed by atoms with Crippen molar-refractivity contribution in [1.29, 1.82) is 0 Å². The first kappa shape index (κ1) is 19.9. The summed E-state index contributed by atoms with van der Waals surface area (Å²) < 4.78 is 29.1. The van der Waals surface area contributed by atoms with Crippen LogP contribution in [0, 0.1) is 30.6 Å². The molecular formula is C20H32N4O3S. The first-order valence-corrected chi connectivity index (χ1v) is 12.0. The van der Waals surface area contributed by atoms with E-state index in [1.165, 1.54) is 36.2 Å². The SMILES string of the molecule is Cc1c(S(=O)(=O)N2CCC[C@@H](C(=O)N[C@@H](C)[C@@H]3C[C@@H]4CC[C@@H]3C4)C2)cnn1C. The standard InChI is InChI=1S/C20H32N4O3S/c1-13(18-10-15-6-7-16(18)9-15)22-20(25)17-5-4-8-24(12-17)28(26,27)19-11-21-23(3)14(19)2/h11,13,15-18H,4-10,12H2,1-3H3,(H,22,25)/t13-,15+,16+,17+,18-/m0/s1. The van der Waals surface area contributed by atoms with Crippen LogP contribution >= 0.6 is 0 Å². The van der Waals surface area contributed by atoms with E-state index in [0.717, 1.165) is 18.3 Å². The number of sulfonamides is 1. The predicted octanol–water partition coefficient (Wildman–Crippen LogP) is 2.07. The number of fused-ring (bicyclic) bond motifs is 2. The van der Waals surface area contributed by atoms with Gasteiger partial charge in [-0.1, -0.05) is 6.42 Å². The molecule has 156 valence electrons. The molecule has 2 saturated carbocycles. The number of hydrogen-bond donors (Lipinski definition) is 1. The van der Waals surface area contributed by atoms with Gasteiger partial charge in [0.25, 0.3) is 0 Å². The largest absolute Gasteiger partial charge is 0.353 e.